The summed E-state index contributed by atoms with van der Waals surface area (Å²) in [5, 5.41) is 0. The van der Waals surface area contributed by atoms with Crippen LogP contribution < -0.4 is 5.73 Å². The molecule has 2 N–H and O–H groups in total. The summed E-state index contributed by atoms with van der Waals surface area (Å²) in [4.78, 5) is 11.0. The van der Waals surface area contributed by atoms with Crippen molar-refractivity contribution in [3.05, 3.63) is 0 Å². The molecule has 0 aromatic carbocycles. The molecule has 0 aromatic heterocycles. The first-order valence-corrected chi connectivity index (χ1v) is 4.64. The molecule has 2 atom stereocenters. The lowest BCUT2D eigenvalue weighted by Crippen LogP contribution is -2.44. The Labute approximate surface area is 78.4 Å². The molecule has 1 aliphatic carbocycles. The molecule has 1 rings (SSSR count). The maximum absolute atomic E-state index is 11.0. The van der Waals surface area contributed by atoms with Crippen LogP contribution in [0, 0.1) is 0 Å². The molecule has 4 heteroatoms. The van der Waals surface area contributed by atoms with Gasteiger partial charge in [-0.25, -0.2) is 0 Å². The highest BCUT2D eigenvalue weighted by molar-refractivity contribution is 5.75. The molecule has 0 saturated heterocycles. The molecule has 0 bridgehead atoms. The minimum absolute atomic E-state index is 0.252. The Kier molecular flexibility index (Phi) is 3.69. The van der Waals surface area contributed by atoms with Crippen molar-refractivity contribution in [2.75, 3.05) is 7.11 Å². The van der Waals surface area contributed by atoms with Gasteiger partial charge in [-0.15, -0.1) is 0 Å². The molecule has 76 valence electrons. The van der Waals surface area contributed by atoms with Gasteiger partial charge in [0.1, 0.15) is 6.04 Å². The molecule has 1 saturated carbocycles. The molecular weight excluding hydrogens is 170 g/mol. The van der Waals surface area contributed by atoms with Gasteiger partial charge in [0.05, 0.1) is 19.3 Å². The van der Waals surface area contributed by atoms with Crippen LogP contribution >= 0.6 is 0 Å². The van der Waals surface area contributed by atoms with Crippen LogP contribution in [0.3, 0.4) is 0 Å². The van der Waals surface area contributed by atoms with Crippen molar-refractivity contribution in [1.82, 2.24) is 0 Å². The Bertz CT molecular complexity index is 180. The first-order valence-electron chi connectivity index (χ1n) is 4.64. The van der Waals surface area contributed by atoms with E-state index in [0.717, 1.165) is 12.8 Å². The van der Waals surface area contributed by atoms with Crippen LogP contribution in [0.15, 0.2) is 0 Å². The van der Waals surface area contributed by atoms with E-state index >= 15 is 0 Å². The summed E-state index contributed by atoms with van der Waals surface area (Å²) in [5.74, 6) is -0.410. The van der Waals surface area contributed by atoms with E-state index in [1.54, 1.807) is 6.92 Å². The topological polar surface area (TPSA) is 61.5 Å². The third-order valence-electron chi connectivity index (χ3n) is 2.44. The van der Waals surface area contributed by atoms with E-state index in [9.17, 15) is 4.79 Å². The van der Waals surface area contributed by atoms with Gasteiger partial charge in [0, 0.05) is 0 Å². The fourth-order valence-electron chi connectivity index (χ4n) is 1.22. The maximum Gasteiger partial charge on any atom is 0.325 e. The number of methoxy groups -OCH3 is 1. The number of esters is 1. The second-order valence-electron chi connectivity index (χ2n) is 3.44. The van der Waals surface area contributed by atoms with Gasteiger partial charge in [-0.1, -0.05) is 0 Å². The third kappa shape index (κ3) is 2.67. The fourth-order valence-corrected chi connectivity index (χ4v) is 1.22. The van der Waals surface area contributed by atoms with E-state index < -0.39 is 12.0 Å². The second kappa shape index (κ2) is 4.58. The fraction of sp³-hybridized carbons (Fsp3) is 0.889. The molecule has 0 aliphatic heterocycles. The predicted molar refractivity (Wildman–Crippen MR) is 48.2 cm³/mol. The summed E-state index contributed by atoms with van der Waals surface area (Å²) in [5.41, 5.74) is 5.60. The lowest BCUT2D eigenvalue weighted by Gasteiger charge is -2.30. The SMILES string of the molecule is COC(=O)C(N)C(C)OC1CCC1. The molecule has 2 unspecified atom stereocenters. The van der Waals surface area contributed by atoms with Crippen molar-refractivity contribution in [2.45, 2.75) is 44.4 Å². The van der Waals surface area contributed by atoms with Gasteiger partial charge >= 0.3 is 5.97 Å². The zero-order chi connectivity index (χ0) is 9.84. The summed E-state index contributed by atoms with van der Waals surface area (Å²) in [6.07, 6.45) is 3.42. The van der Waals surface area contributed by atoms with E-state index in [1.807, 2.05) is 0 Å². The van der Waals surface area contributed by atoms with Gasteiger partial charge in [-0.3, -0.25) is 4.79 Å². The molecule has 0 radical (unpaired) electrons. The largest absolute Gasteiger partial charge is 0.468 e. The van der Waals surface area contributed by atoms with Gasteiger partial charge in [0.15, 0.2) is 0 Å². The zero-order valence-electron chi connectivity index (χ0n) is 8.16. The lowest BCUT2D eigenvalue weighted by molar-refractivity contribution is -0.148. The average molecular weight is 187 g/mol. The highest BCUT2D eigenvalue weighted by Crippen LogP contribution is 2.23. The summed E-state index contributed by atoms with van der Waals surface area (Å²) < 4.78 is 10.1. The second-order valence-corrected chi connectivity index (χ2v) is 3.44. The van der Waals surface area contributed by atoms with Crippen LogP contribution in [0.5, 0.6) is 0 Å². The first kappa shape index (κ1) is 10.5. The molecule has 0 aromatic rings. The third-order valence-corrected chi connectivity index (χ3v) is 2.44. The van der Waals surface area contributed by atoms with Crippen LogP contribution in [-0.2, 0) is 14.3 Å². The number of hydrogen-bond donors (Lipinski definition) is 1. The number of carbonyl (C=O) groups excluding carboxylic acids is 1. The summed E-state index contributed by atoms with van der Waals surface area (Å²) in [6.45, 7) is 1.81. The van der Waals surface area contributed by atoms with Gasteiger partial charge in [0.25, 0.3) is 0 Å². The van der Waals surface area contributed by atoms with Gasteiger partial charge in [-0.05, 0) is 26.2 Å². The smallest absolute Gasteiger partial charge is 0.325 e. The lowest BCUT2D eigenvalue weighted by atomic mass is 9.96. The van der Waals surface area contributed by atoms with Crippen LogP contribution in [0.4, 0.5) is 0 Å². The normalized spacial score (nSPS) is 21.8. The minimum atomic E-state index is -0.661. The van der Waals surface area contributed by atoms with E-state index in [1.165, 1.54) is 13.5 Å². The monoisotopic (exact) mass is 187 g/mol. The standard InChI is InChI=1S/C9H17NO3/c1-6(8(10)9(11)12-2)13-7-4-3-5-7/h6-8H,3-5,10H2,1-2H3. The summed E-state index contributed by atoms with van der Waals surface area (Å²) >= 11 is 0. The number of hydrogen-bond acceptors (Lipinski definition) is 4. The number of ether oxygens (including phenoxy) is 2. The first-order chi connectivity index (χ1) is 6.15. The minimum Gasteiger partial charge on any atom is -0.468 e. The highest BCUT2D eigenvalue weighted by Gasteiger charge is 2.27. The van der Waals surface area contributed by atoms with E-state index in [2.05, 4.69) is 4.74 Å². The average Bonchev–Trinajstić information content (AvgIpc) is 2.08. The number of nitrogens with two attached hydrogens (primary N) is 1. The van der Waals surface area contributed by atoms with Crippen molar-refractivity contribution in [2.24, 2.45) is 5.73 Å². The van der Waals surface area contributed by atoms with Crippen molar-refractivity contribution >= 4 is 5.97 Å². The van der Waals surface area contributed by atoms with E-state index in [4.69, 9.17) is 10.5 Å². The molecule has 4 nitrogen and oxygen atoms in total. The van der Waals surface area contributed by atoms with Crippen molar-refractivity contribution in [3.63, 3.8) is 0 Å². The summed E-state index contributed by atoms with van der Waals surface area (Å²) in [6, 6.07) is -0.661. The maximum atomic E-state index is 11.0. The van der Waals surface area contributed by atoms with Crippen LogP contribution in [0.25, 0.3) is 0 Å². The zero-order valence-corrected chi connectivity index (χ0v) is 8.16. The number of carbonyl (C=O) groups is 1. The van der Waals surface area contributed by atoms with Gasteiger partial charge in [0.2, 0.25) is 0 Å². The summed E-state index contributed by atoms with van der Waals surface area (Å²) in [7, 11) is 1.33. The Balaban J connectivity index is 2.27. The van der Waals surface area contributed by atoms with Crippen LogP contribution in [-0.4, -0.2) is 31.3 Å². The Morgan fingerprint density at radius 3 is 2.54 bits per heavy atom. The predicted octanol–water partition coefficient (Wildman–Crippen LogP) is 0.444. The highest BCUT2D eigenvalue weighted by atomic mass is 16.5. The number of rotatable bonds is 4. The molecular formula is C9H17NO3. The Morgan fingerprint density at radius 1 is 1.54 bits per heavy atom. The van der Waals surface area contributed by atoms with E-state index in [0.29, 0.717) is 6.10 Å². The molecule has 13 heavy (non-hydrogen) atoms. The Hall–Kier alpha value is -0.610. The quantitative estimate of drug-likeness (QED) is 0.649. The molecule has 1 fully saturated rings. The molecule has 0 heterocycles. The van der Waals surface area contributed by atoms with Crippen LogP contribution in [0.2, 0.25) is 0 Å². The van der Waals surface area contributed by atoms with Crippen LogP contribution in [0.1, 0.15) is 26.2 Å². The molecule has 0 amide bonds. The van der Waals surface area contributed by atoms with Gasteiger partial charge < -0.3 is 15.2 Å². The van der Waals surface area contributed by atoms with Crippen molar-refractivity contribution in [1.29, 1.82) is 0 Å². The van der Waals surface area contributed by atoms with Crippen molar-refractivity contribution < 1.29 is 14.3 Å². The molecule has 0 spiro atoms. The molecule has 1 aliphatic rings. The van der Waals surface area contributed by atoms with E-state index in [-0.39, 0.29) is 6.10 Å². The van der Waals surface area contributed by atoms with Crippen molar-refractivity contribution in [3.8, 4) is 0 Å². The van der Waals surface area contributed by atoms with Gasteiger partial charge in [-0.2, -0.15) is 0 Å². The Morgan fingerprint density at radius 2 is 2.15 bits per heavy atom.